The molecule has 2 aliphatic heterocycles. The summed E-state index contributed by atoms with van der Waals surface area (Å²) in [5, 5.41) is 0. The van der Waals surface area contributed by atoms with Gasteiger partial charge in [0.25, 0.3) is 0 Å². The molecule has 2 aromatic rings. The highest BCUT2D eigenvalue weighted by atomic mass is 16.6. The van der Waals surface area contributed by atoms with E-state index >= 15 is 0 Å². The Morgan fingerprint density at radius 2 is 0.707 bits per heavy atom. The molecule has 424 valence electrons. The van der Waals surface area contributed by atoms with Crippen LogP contribution < -0.4 is 18.9 Å². The van der Waals surface area contributed by atoms with E-state index in [1.807, 2.05) is 41.5 Å². The molecular weight excluding hydrogens is 937 g/mol. The third-order valence-corrected chi connectivity index (χ3v) is 17.4. The third kappa shape index (κ3) is 20.5. The van der Waals surface area contributed by atoms with Crippen molar-refractivity contribution in [2.45, 2.75) is 289 Å². The number of ether oxygens (including phenoxy) is 5. The second kappa shape index (κ2) is 30.3. The summed E-state index contributed by atoms with van der Waals surface area (Å²) >= 11 is 0. The van der Waals surface area contributed by atoms with Crippen LogP contribution in [0.1, 0.15) is 268 Å². The van der Waals surface area contributed by atoms with Crippen LogP contribution in [0.3, 0.4) is 0 Å². The summed E-state index contributed by atoms with van der Waals surface area (Å²) in [6.45, 7) is 35.2. The van der Waals surface area contributed by atoms with Gasteiger partial charge in [-0.2, -0.15) is 0 Å². The third-order valence-electron chi connectivity index (χ3n) is 17.4. The second-order valence-electron chi connectivity index (χ2n) is 25.6. The Balaban J connectivity index is 1.17. The van der Waals surface area contributed by atoms with Crippen LogP contribution in [0.15, 0.2) is 0 Å². The largest absolute Gasteiger partial charge is 0.487 e. The van der Waals surface area contributed by atoms with Crippen molar-refractivity contribution in [2.75, 3.05) is 0 Å². The van der Waals surface area contributed by atoms with Crippen molar-refractivity contribution < 1.29 is 42.9 Å². The van der Waals surface area contributed by atoms with Gasteiger partial charge in [0.05, 0.1) is 25.7 Å². The highest BCUT2D eigenvalue weighted by molar-refractivity contribution is 5.89. The number of benzene rings is 2. The Morgan fingerprint density at radius 3 is 1.03 bits per heavy atom. The van der Waals surface area contributed by atoms with Gasteiger partial charge < -0.3 is 23.7 Å². The van der Waals surface area contributed by atoms with Crippen LogP contribution in [-0.2, 0) is 36.8 Å². The molecule has 6 unspecified atom stereocenters. The summed E-state index contributed by atoms with van der Waals surface area (Å²) in [4.78, 5) is 51.7. The maximum atomic E-state index is 13.1. The van der Waals surface area contributed by atoms with E-state index < -0.39 is 23.9 Å². The number of rotatable bonds is 32. The number of esters is 4. The summed E-state index contributed by atoms with van der Waals surface area (Å²) in [7, 11) is 0. The van der Waals surface area contributed by atoms with Gasteiger partial charge in [0.15, 0.2) is 0 Å². The highest BCUT2D eigenvalue weighted by Crippen LogP contribution is 2.47. The first-order chi connectivity index (χ1) is 35.3. The molecule has 4 rings (SSSR count). The average molecular weight is 1040 g/mol. The van der Waals surface area contributed by atoms with E-state index in [1.165, 1.54) is 89.9 Å². The lowest BCUT2D eigenvalue weighted by Gasteiger charge is -2.38. The molecule has 0 aromatic heterocycles. The fourth-order valence-electron chi connectivity index (χ4n) is 11.8. The van der Waals surface area contributed by atoms with Gasteiger partial charge in [0.1, 0.15) is 34.2 Å². The van der Waals surface area contributed by atoms with Crippen LogP contribution in [0.4, 0.5) is 0 Å². The quantitative estimate of drug-likeness (QED) is 0.0401. The lowest BCUT2D eigenvalue weighted by Crippen LogP contribution is -2.37. The molecule has 9 nitrogen and oxygen atoms in total. The van der Waals surface area contributed by atoms with E-state index in [-0.39, 0.29) is 36.9 Å². The van der Waals surface area contributed by atoms with E-state index in [0.717, 1.165) is 131 Å². The van der Waals surface area contributed by atoms with Gasteiger partial charge in [-0.25, -0.2) is 0 Å². The molecule has 0 aliphatic carbocycles. The normalized spacial score (nSPS) is 18.9. The van der Waals surface area contributed by atoms with Crippen molar-refractivity contribution in [2.24, 2.45) is 35.5 Å². The standard InChI is InChI=1S/C66H106O9/c1-43(2)23-17-25-45(5)27-19-29-47(7)31-21-39-65(15)41-37-55-53(13)61(49(9)51(11)63(55)74-65)72-59(69)35-33-57(67)71-58(68)34-36-60(70)73-62-50(10)52(12)64-56(54(62)14)38-42-66(16,75-64)40-22-32-48(8)30-20-28-46(6)26-18-24-44(3)4/h43-48H,17-42H2,1-16H3. The maximum absolute atomic E-state index is 13.1. The van der Waals surface area contributed by atoms with Crippen LogP contribution in [0.2, 0.25) is 0 Å². The van der Waals surface area contributed by atoms with Crippen molar-refractivity contribution >= 4 is 23.9 Å². The lowest BCUT2D eigenvalue weighted by atomic mass is 9.83. The molecule has 75 heavy (non-hydrogen) atoms. The first kappa shape index (κ1) is 63.7. The average Bonchev–Trinajstić information content (AvgIpc) is 3.33. The lowest BCUT2D eigenvalue weighted by molar-refractivity contribution is -0.161. The van der Waals surface area contributed by atoms with E-state index in [4.69, 9.17) is 23.7 Å². The van der Waals surface area contributed by atoms with E-state index in [9.17, 15) is 19.2 Å². The summed E-state index contributed by atoms with van der Waals surface area (Å²) in [5.41, 5.74) is 6.94. The summed E-state index contributed by atoms with van der Waals surface area (Å²) < 4.78 is 30.4. The summed E-state index contributed by atoms with van der Waals surface area (Å²) in [6.07, 6.45) is 24.9. The molecule has 0 radical (unpaired) electrons. The molecule has 0 fully saturated rings. The minimum absolute atomic E-state index is 0.251. The van der Waals surface area contributed by atoms with Crippen molar-refractivity contribution in [3.8, 4) is 23.0 Å². The molecule has 2 heterocycles. The van der Waals surface area contributed by atoms with Crippen molar-refractivity contribution in [3.63, 3.8) is 0 Å². The molecular formula is C66H106O9. The number of carbonyl (C=O) groups is 4. The molecule has 2 aromatic carbocycles. The SMILES string of the molecule is Cc1c(C)c2c(c(C)c1OC(=O)CCC(=O)OC(=O)CCC(=O)Oc1c(C)c(C)c3c(c1C)CCC(C)(CCCC(C)CCCC(C)CCCC(C)C)O3)CCC(C)(CCCC(C)CCCC(C)CCCC(C)C)O2. The fourth-order valence-corrected chi connectivity index (χ4v) is 11.8. The fraction of sp³-hybridized carbons (Fsp3) is 0.758. The minimum Gasteiger partial charge on any atom is -0.487 e. The van der Waals surface area contributed by atoms with E-state index in [0.29, 0.717) is 23.3 Å². The predicted molar refractivity (Wildman–Crippen MR) is 306 cm³/mol. The van der Waals surface area contributed by atoms with Gasteiger partial charge in [-0.3, -0.25) is 19.2 Å². The molecule has 0 saturated heterocycles. The van der Waals surface area contributed by atoms with Crippen LogP contribution in [0.5, 0.6) is 23.0 Å². The molecule has 6 atom stereocenters. The van der Waals surface area contributed by atoms with Crippen molar-refractivity contribution in [1.29, 1.82) is 0 Å². The van der Waals surface area contributed by atoms with Crippen molar-refractivity contribution in [1.82, 2.24) is 0 Å². The van der Waals surface area contributed by atoms with Gasteiger partial charge in [0.2, 0.25) is 0 Å². The monoisotopic (exact) mass is 1040 g/mol. The minimum atomic E-state index is -0.851. The Bertz CT molecular complexity index is 2030. The van der Waals surface area contributed by atoms with Crippen LogP contribution in [0, 0.1) is 77.0 Å². The maximum Gasteiger partial charge on any atom is 0.314 e. The molecule has 0 spiro atoms. The second-order valence-corrected chi connectivity index (χ2v) is 25.6. The van der Waals surface area contributed by atoms with Crippen LogP contribution in [0.25, 0.3) is 0 Å². The zero-order valence-electron chi connectivity index (χ0n) is 50.5. The Morgan fingerprint density at radius 1 is 0.413 bits per heavy atom. The van der Waals surface area contributed by atoms with Gasteiger partial charge in [-0.1, -0.05) is 145 Å². The van der Waals surface area contributed by atoms with Gasteiger partial charge in [-0.15, -0.1) is 0 Å². The molecule has 0 amide bonds. The Labute approximate surface area is 456 Å². The zero-order chi connectivity index (χ0) is 55.6. The topological polar surface area (TPSA) is 114 Å². The number of hydrogen-bond donors (Lipinski definition) is 0. The smallest absolute Gasteiger partial charge is 0.314 e. The van der Waals surface area contributed by atoms with Gasteiger partial charge in [0, 0.05) is 11.1 Å². The summed E-state index contributed by atoms with van der Waals surface area (Å²) in [6, 6.07) is 0. The first-order valence-corrected chi connectivity index (χ1v) is 30.1. The number of hydrogen-bond acceptors (Lipinski definition) is 9. The molecule has 2 aliphatic rings. The van der Waals surface area contributed by atoms with E-state index in [2.05, 4.69) is 69.2 Å². The molecule has 9 heteroatoms. The zero-order valence-corrected chi connectivity index (χ0v) is 50.5. The highest BCUT2D eigenvalue weighted by Gasteiger charge is 2.37. The number of carbonyl (C=O) groups excluding carboxylic acids is 4. The predicted octanol–water partition coefficient (Wildman–Crippen LogP) is 17.7. The van der Waals surface area contributed by atoms with E-state index in [1.54, 1.807) is 0 Å². The Hall–Kier alpha value is -3.88. The first-order valence-electron chi connectivity index (χ1n) is 30.1. The molecule has 0 bridgehead atoms. The number of fused-ring (bicyclic) bond motifs is 2. The Kier molecular flexibility index (Phi) is 25.7. The van der Waals surface area contributed by atoms with Crippen LogP contribution >= 0.6 is 0 Å². The molecule has 0 N–H and O–H groups in total. The van der Waals surface area contributed by atoms with Gasteiger partial charge >= 0.3 is 23.9 Å². The molecule has 0 saturated carbocycles. The van der Waals surface area contributed by atoms with Crippen LogP contribution in [-0.4, -0.2) is 35.1 Å². The summed E-state index contributed by atoms with van der Waals surface area (Å²) in [5.74, 6) is 4.55. The van der Waals surface area contributed by atoms with Gasteiger partial charge in [-0.05, 0) is 176 Å². The van der Waals surface area contributed by atoms with Crippen molar-refractivity contribution in [3.05, 3.63) is 44.5 Å².